The van der Waals surface area contributed by atoms with E-state index in [1.807, 2.05) is 48.5 Å². The normalized spacial score (nSPS) is 11.3. The Morgan fingerprint density at radius 2 is 1.61 bits per heavy atom. The van der Waals surface area contributed by atoms with E-state index in [0.29, 0.717) is 17.1 Å². The SMILES string of the molecule is CCC(CC)(NC(=O)Cc1ccc(N)cc1)c1ccc(Cl)cc1. The Kier molecular flexibility index (Phi) is 5.67. The van der Waals surface area contributed by atoms with Gasteiger partial charge >= 0.3 is 0 Å². The summed E-state index contributed by atoms with van der Waals surface area (Å²) in [4.78, 5) is 12.5. The van der Waals surface area contributed by atoms with Crippen LogP contribution in [0.1, 0.15) is 37.8 Å². The molecular formula is C19H23ClN2O. The molecule has 0 saturated heterocycles. The fourth-order valence-electron chi connectivity index (χ4n) is 2.81. The van der Waals surface area contributed by atoms with E-state index in [4.69, 9.17) is 17.3 Å². The number of anilines is 1. The van der Waals surface area contributed by atoms with Gasteiger partial charge in [-0.2, -0.15) is 0 Å². The van der Waals surface area contributed by atoms with E-state index in [0.717, 1.165) is 24.0 Å². The predicted octanol–water partition coefficient (Wildman–Crippen LogP) is 4.30. The summed E-state index contributed by atoms with van der Waals surface area (Å²) in [6.07, 6.45) is 1.98. The van der Waals surface area contributed by atoms with Gasteiger partial charge in [0.2, 0.25) is 5.91 Å². The molecule has 0 radical (unpaired) electrons. The molecule has 23 heavy (non-hydrogen) atoms. The number of benzene rings is 2. The minimum absolute atomic E-state index is 0.00780. The maximum absolute atomic E-state index is 12.5. The average molecular weight is 331 g/mol. The summed E-state index contributed by atoms with van der Waals surface area (Å²) in [5.41, 5.74) is 8.05. The fourth-order valence-corrected chi connectivity index (χ4v) is 2.93. The molecule has 0 heterocycles. The Hall–Kier alpha value is -2.00. The lowest BCUT2D eigenvalue weighted by molar-refractivity contribution is -0.122. The van der Waals surface area contributed by atoms with Crippen molar-refractivity contribution in [2.75, 3.05) is 5.73 Å². The molecule has 1 amide bonds. The Balaban J connectivity index is 2.16. The minimum atomic E-state index is -0.366. The Morgan fingerprint density at radius 1 is 1.04 bits per heavy atom. The van der Waals surface area contributed by atoms with Crippen molar-refractivity contribution in [3.05, 3.63) is 64.7 Å². The van der Waals surface area contributed by atoms with Gasteiger partial charge in [-0.15, -0.1) is 0 Å². The number of nitrogens with two attached hydrogens (primary N) is 1. The fraction of sp³-hybridized carbons (Fsp3) is 0.316. The summed E-state index contributed by atoms with van der Waals surface area (Å²) in [6.45, 7) is 4.17. The molecule has 0 aliphatic heterocycles. The van der Waals surface area contributed by atoms with Gasteiger partial charge in [0.15, 0.2) is 0 Å². The Morgan fingerprint density at radius 3 is 2.13 bits per heavy atom. The van der Waals surface area contributed by atoms with Crippen LogP contribution in [0.3, 0.4) is 0 Å². The maximum Gasteiger partial charge on any atom is 0.225 e. The van der Waals surface area contributed by atoms with Gasteiger partial charge in [0.1, 0.15) is 0 Å². The smallest absolute Gasteiger partial charge is 0.225 e. The van der Waals surface area contributed by atoms with Crippen LogP contribution in [-0.4, -0.2) is 5.91 Å². The third kappa shape index (κ3) is 4.26. The first-order valence-electron chi connectivity index (χ1n) is 7.90. The highest BCUT2D eigenvalue weighted by atomic mass is 35.5. The van der Waals surface area contributed by atoms with Crippen molar-refractivity contribution in [3.63, 3.8) is 0 Å². The van der Waals surface area contributed by atoms with Gasteiger partial charge in [-0.3, -0.25) is 4.79 Å². The van der Waals surface area contributed by atoms with Crippen LogP contribution in [-0.2, 0) is 16.8 Å². The molecule has 0 bridgehead atoms. The molecular weight excluding hydrogens is 308 g/mol. The molecule has 0 saturated carbocycles. The lowest BCUT2D eigenvalue weighted by Crippen LogP contribution is -2.45. The number of nitrogens with one attached hydrogen (secondary N) is 1. The van der Waals surface area contributed by atoms with Crippen molar-refractivity contribution in [2.24, 2.45) is 0 Å². The summed E-state index contributed by atoms with van der Waals surface area (Å²) in [7, 11) is 0. The van der Waals surface area contributed by atoms with Crippen molar-refractivity contribution in [1.82, 2.24) is 5.32 Å². The van der Waals surface area contributed by atoms with Crippen LogP contribution in [0.2, 0.25) is 5.02 Å². The number of carbonyl (C=O) groups is 1. The summed E-state index contributed by atoms with van der Waals surface area (Å²) in [6, 6.07) is 15.1. The lowest BCUT2D eigenvalue weighted by Gasteiger charge is -2.33. The topological polar surface area (TPSA) is 55.1 Å². The molecule has 2 rings (SSSR count). The van der Waals surface area contributed by atoms with Crippen molar-refractivity contribution < 1.29 is 4.79 Å². The number of halogens is 1. The molecule has 0 fully saturated rings. The Labute approximate surface area is 142 Å². The van der Waals surface area contributed by atoms with Crippen LogP contribution in [0.5, 0.6) is 0 Å². The molecule has 0 aliphatic rings. The molecule has 3 N–H and O–H groups in total. The third-order valence-electron chi connectivity index (χ3n) is 4.33. The van der Waals surface area contributed by atoms with E-state index >= 15 is 0 Å². The molecule has 3 nitrogen and oxygen atoms in total. The molecule has 2 aromatic rings. The van der Waals surface area contributed by atoms with E-state index in [2.05, 4.69) is 19.2 Å². The van der Waals surface area contributed by atoms with E-state index in [-0.39, 0.29) is 11.4 Å². The standard InChI is InChI=1S/C19H23ClN2O/c1-3-19(4-2,15-7-9-16(20)10-8-15)22-18(23)13-14-5-11-17(21)12-6-14/h5-12H,3-4,13,21H2,1-2H3,(H,22,23). The van der Waals surface area contributed by atoms with Gasteiger partial charge in [0, 0.05) is 10.7 Å². The number of amides is 1. The monoisotopic (exact) mass is 330 g/mol. The van der Waals surface area contributed by atoms with Crippen molar-refractivity contribution in [2.45, 2.75) is 38.6 Å². The predicted molar refractivity (Wildman–Crippen MR) is 96.4 cm³/mol. The third-order valence-corrected chi connectivity index (χ3v) is 4.58. The largest absolute Gasteiger partial charge is 0.399 e. The first-order valence-corrected chi connectivity index (χ1v) is 8.28. The van der Waals surface area contributed by atoms with Crippen LogP contribution >= 0.6 is 11.6 Å². The van der Waals surface area contributed by atoms with Crippen molar-refractivity contribution >= 4 is 23.2 Å². The summed E-state index contributed by atoms with van der Waals surface area (Å²) < 4.78 is 0. The number of rotatable bonds is 6. The quantitative estimate of drug-likeness (QED) is 0.776. The number of nitrogen functional groups attached to an aromatic ring is 1. The zero-order valence-corrected chi connectivity index (χ0v) is 14.4. The van der Waals surface area contributed by atoms with E-state index in [1.165, 1.54) is 0 Å². The van der Waals surface area contributed by atoms with Crippen LogP contribution in [0.15, 0.2) is 48.5 Å². The number of hydrogen-bond donors (Lipinski definition) is 2. The summed E-state index contributed by atoms with van der Waals surface area (Å²) in [5, 5.41) is 3.91. The van der Waals surface area contributed by atoms with Gasteiger partial charge < -0.3 is 11.1 Å². The van der Waals surface area contributed by atoms with Crippen LogP contribution in [0, 0.1) is 0 Å². The zero-order valence-electron chi connectivity index (χ0n) is 13.6. The first-order chi connectivity index (χ1) is 11.0. The molecule has 0 unspecified atom stereocenters. The van der Waals surface area contributed by atoms with Crippen molar-refractivity contribution in [1.29, 1.82) is 0 Å². The van der Waals surface area contributed by atoms with E-state index < -0.39 is 0 Å². The lowest BCUT2D eigenvalue weighted by atomic mass is 9.84. The molecule has 0 spiro atoms. The second kappa shape index (κ2) is 7.51. The second-order valence-corrected chi connectivity index (χ2v) is 6.20. The minimum Gasteiger partial charge on any atom is -0.399 e. The summed E-state index contributed by atoms with van der Waals surface area (Å²) in [5.74, 6) is 0.00780. The van der Waals surface area contributed by atoms with Gasteiger partial charge in [0.05, 0.1) is 12.0 Å². The highest BCUT2D eigenvalue weighted by molar-refractivity contribution is 6.30. The second-order valence-electron chi connectivity index (χ2n) is 5.76. The van der Waals surface area contributed by atoms with Crippen LogP contribution in [0.4, 0.5) is 5.69 Å². The molecule has 4 heteroatoms. The zero-order chi connectivity index (χ0) is 16.9. The molecule has 122 valence electrons. The van der Waals surface area contributed by atoms with Crippen molar-refractivity contribution in [3.8, 4) is 0 Å². The van der Waals surface area contributed by atoms with Crippen LogP contribution in [0.25, 0.3) is 0 Å². The Bertz CT molecular complexity index is 646. The maximum atomic E-state index is 12.5. The molecule has 0 atom stereocenters. The molecule has 0 aromatic heterocycles. The molecule has 2 aromatic carbocycles. The average Bonchev–Trinajstić information content (AvgIpc) is 2.56. The summed E-state index contributed by atoms with van der Waals surface area (Å²) >= 11 is 5.98. The highest BCUT2D eigenvalue weighted by Crippen LogP contribution is 2.29. The number of hydrogen-bond acceptors (Lipinski definition) is 2. The van der Waals surface area contributed by atoms with E-state index in [9.17, 15) is 4.79 Å². The first kappa shape index (κ1) is 17.4. The van der Waals surface area contributed by atoms with Gasteiger partial charge in [-0.1, -0.05) is 49.7 Å². The van der Waals surface area contributed by atoms with Gasteiger partial charge in [0.25, 0.3) is 0 Å². The van der Waals surface area contributed by atoms with E-state index in [1.54, 1.807) is 0 Å². The van der Waals surface area contributed by atoms with Crippen LogP contribution < -0.4 is 11.1 Å². The highest BCUT2D eigenvalue weighted by Gasteiger charge is 2.30. The van der Waals surface area contributed by atoms with Gasteiger partial charge in [-0.25, -0.2) is 0 Å². The number of carbonyl (C=O) groups excluding carboxylic acids is 1. The van der Waals surface area contributed by atoms with Gasteiger partial charge in [-0.05, 0) is 48.2 Å². The molecule has 0 aliphatic carbocycles.